The van der Waals surface area contributed by atoms with Crippen molar-refractivity contribution in [2.24, 2.45) is 23.7 Å². The van der Waals surface area contributed by atoms with Crippen LogP contribution in [0.5, 0.6) is 0 Å². The number of carbonyl (C=O) groups is 4. The van der Waals surface area contributed by atoms with Crippen molar-refractivity contribution in [1.82, 2.24) is 0 Å². The lowest BCUT2D eigenvalue weighted by Crippen LogP contribution is -2.30. The third-order valence-electron chi connectivity index (χ3n) is 17.5. The summed E-state index contributed by atoms with van der Waals surface area (Å²) >= 11 is 0. The molecule has 3 N–H and O–H groups in total. The molecule has 0 aromatic heterocycles. The Labute approximate surface area is 562 Å². The maximum absolute atomic E-state index is 13.1. The van der Waals surface area contributed by atoms with Crippen LogP contribution in [0.4, 0.5) is 0 Å². The predicted octanol–water partition coefficient (Wildman–Crippen LogP) is 20.9. The Balaban J connectivity index is 5.26. The Morgan fingerprint density at radius 1 is 0.304 bits per heavy atom. The van der Waals surface area contributed by atoms with Crippen LogP contribution in [0.1, 0.15) is 364 Å². The topological polar surface area (TPSA) is 237 Å². The van der Waals surface area contributed by atoms with Crippen LogP contribution in [0.2, 0.25) is 0 Å². The van der Waals surface area contributed by atoms with Gasteiger partial charge in [0.05, 0.1) is 26.4 Å². The lowest BCUT2D eigenvalue weighted by molar-refractivity contribution is -0.161. The number of hydrogen-bond acceptors (Lipinski definition) is 15. The summed E-state index contributed by atoms with van der Waals surface area (Å²) in [6, 6.07) is 0. The Kier molecular flexibility index (Phi) is 61.3. The molecule has 0 amide bonds. The van der Waals surface area contributed by atoms with Crippen molar-refractivity contribution in [2.75, 3.05) is 39.6 Å². The molecule has 92 heavy (non-hydrogen) atoms. The first-order valence-electron chi connectivity index (χ1n) is 37.8. The number of phosphoric ester groups is 2. The number of unbranched alkanes of at least 4 members (excludes halogenated alkanes) is 34. The van der Waals surface area contributed by atoms with E-state index in [4.69, 9.17) is 37.0 Å². The molecule has 19 heteroatoms. The summed E-state index contributed by atoms with van der Waals surface area (Å²) in [6.45, 7) is 14.2. The second kappa shape index (κ2) is 62.6. The number of aliphatic hydroxyl groups is 1. The zero-order chi connectivity index (χ0) is 68.2. The molecule has 0 aromatic carbocycles. The summed E-state index contributed by atoms with van der Waals surface area (Å²) in [7, 11) is -9.91. The van der Waals surface area contributed by atoms with Gasteiger partial charge in [-0.05, 0) is 49.4 Å². The van der Waals surface area contributed by atoms with Crippen LogP contribution in [-0.4, -0.2) is 96.7 Å². The van der Waals surface area contributed by atoms with E-state index in [0.717, 1.165) is 120 Å². The maximum Gasteiger partial charge on any atom is 0.472 e. The van der Waals surface area contributed by atoms with Gasteiger partial charge in [0.2, 0.25) is 0 Å². The van der Waals surface area contributed by atoms with E-state index in [1.54, 1.807) is 0 Å². The molecule has 0 saturated carbocycles. The molecule has 546 valence electrons. The van der Waals surface area contributed by atoms with E-state index >= 15 is 0 Å². The summed E-state index contributed by atoms with van der Waals surface area (Å²) in [5.41, 5.74) is 0. The van der Waals surface area contributed by atoms with Crippen LogP contribution < -0.4 is 0 Å². The number of aliphatic hydroxyl groups excluding tert-OH is 1. The number of esters is 4. The second-order valence-corrected chi connectivity index (χ2v) is 30.7. The SMILES string of the molecule is CCC(C)CCCCCCCCCCC(=O)OC[C@H](COP(=O)(O)OC[C@@H](O)COP(=O)(O)OC[C@@H](COC(=O)CCCCCCCCC(C)CC)OC(=O)CCCCCCCCCCCCC(C)C)OC(=O)CCCCCCCCCCCCCCCCC(C)C. The molecule has 7 atom stereocenters. The van der Waals surface area contributed by atoms with Crippen molar-refractivity contribution in [2.45, 2.75) is 382 Å². The molecular weight excluding hydrogens is 1210 g/mol. The molecule has 0 aliphatic rings. The quantitative estimate of drug-likeness (QED) is 0.0222. The van der Waals surface area contributed by atoms with Gasteiger partial charge in [0.15, 0.2) is 12.2 Å². The second-order valence-electron chi connectivity index (χ2n) is 27.8. The fraction of sp³-hybridized carbons (Fsp3) is 0.945. The van der Waals surface area contributed by atoms with Crippen LogP contribution in [0, 0.1) is 23.7 Å². The summed E-state index contributed by atoms with van der Waals surface area (Å²) in [5.74, 6) is 0.929. The number of phosphoric acid groups is 2. The van der Waals surface area contributed by atoms with E-state index in [2.05, 4.69) is 55.4 Å². The minimum absolute atomic E-state index is 0.105. The Hall–Kier alpha value is -1.94. The van der Waals surface area contributed by atoms with Crippen LogP contribution >= 0.6 is 15.6 Å². The first-order valence-corrected chi connectivity index (χ1v) is 40.8. The van der Waals surface area contributed by atoms with Crippen molar-refractivity contribution in [3.63, 3.8) is 0 Å². The summed E-state index contributed by atoms with van der Waals surface area (Å²) in [6.07, 6.45) is 45.8. The van der Waals surface area contributed by atoms with Gasteiger partial charge in [-0.1, -0.05) is 312 Å². The lowest BCUT2D eigenvalue weighted by atomic mass is 9.99. The lowest BCUT2D eigenvalue weighted by Gasteiger charge is -2.21. The molecule has 0 saturated heterocycles. The van der Waals surface area contributed by atoms with Gasteiger partial charge in [0.1, 0.15) is 19.3 Å². The fourth-order valence-corrected chi connectivity index (χ4v) is 12.5. The molecule has 17 nitrogen and oxygen atoms in total. The van der Waals surface area contributed by atoms with Gasteiger partial charge in [-0.25, -0.2) is 9.13 Å². The van der Waals surface area contributed by atoms with Gasteiger partial charge >= 0.3 is 39.5 Å². The Bertz CT molecular complexity index is 1820. The van der Waals surface area contributed by atoms with E-state index in [1.165, 1.54) is 161 Å². The van der Waals surface area contributed by atoms with E-state index < -0.39 is 97.5 Å². The highest BCUT2D eigenvalue weighted by Gasteiger charge is 2.30. The Morgan fingerprint density at radius 2 is 0.522 bits per heavy atom. The molecular formula is C73H142O17P2. The number of hydrogen-bond donors (Lipinski definition) is 3. The normalized spacial score (nSPS) is 14.8. The van der Waals surface area contributed by atoms with E-state index in [0.29, 0.717) is 25.7 Å². The summed E-state index contributed by atoms with van der Waals surface area (Å²) in [5, 5.41) is 10.6. The molecule has 0 rings (SSSR count). The smallest absolute Gasteiger partial charge is 0.462 e. The van der Waals surface area contributed by atoms with E-state index in [-0.39, 0.29) is 25.7 Å². The molecule has 0 aliphatic heterocycles. The van der Waals surface area contributed by atoms with Gasteiger partial charge in [-0.2, -0.15) is 0 Å². The molecule has 0 aliphatic carbocycles. The van der Waals surface area contributed by atoms with Crippen molar-refractivity contribution in [3.8, 4) is 0 Å². The predicted molar refractivity (Wildman–Crippen MR) is 372 cm³/mol. The number of ether oxygens (including phenoxy) is 4. The van der Waals surface area contributed by atoms with Gasteiger partial charge in [0, 0.05) is 25.7 Å². The van der Waals surface area contributed by atoms with Crippen LogP contribution in [-0.2, 0) is 65.4 Å². The first-order chi connectivity index (χ1) is 44.2. The highest BCUT2D eigenvalue weighted by molar-refractivity contribution is 7.47. The van der Waals surface area contributed by atoms with Gasteiger partial charge < -0.3 is 33.8 Å². The first kappa shape index (κ1) is 90.1. The number of carbonyl (C=O) groups excluding carboxylic acids is 4. The minimum atomic E-state index is -4.96. The van der Waals surface area contributed by atoms with Gasteiger partial charge in [-0.15, -0.1) is 0 Å². The molecule has 0 bridgehead atoms. The third kappa shape index (κ3) is 64.1. The van der Waals surface area contributed by atoms with Gasteiger partial charge in [-0.3, -0.25) is 37.3 Å². The number of rotatable bonds is 70. The van der Waals surface area contributed by atoms with Crippen molar-refractivity contribution < 1.29 is 80.2 Å². The average Bonchev–Trinajstić information content (AvgIpc) is 3.53. The van der Waals surface area contributed by atoms with E-state index in [1.807, 2.05) is 0 Å². The van der Waals surface area contributed by atoms with Crippen molar-refractivity contribution in [3.05, 3.63) is 0 Å². The Morgan fingerprint density at radius 3 is 0.772 bits per heavy atom. The standard InChI is InChI=1S/C73H142O17P2/c1-9-65(7)51-43-35-27-23-24-28-37-45-53-70(75)83-59-68(89-72(77)55-47-39-29-21-16-14-12-11-13-15-19-25-33-41-49-63(3)4)61-87-91(79,80)85-57-67(74)58-86-92(81,82)88-62-69(60-84-71(76)54-46-38-32-31-36-44-52-66(8)10-2)90-73(78)56-48-40-30-22-18-17-20-26-34-42-50-64(5)6/h63-69,74H,9-62H2,1-8H3,(H,79,80)(H,81,82)/t65?,66?,67-,68-,69-/m1/s1. The molecule has 0 fully saturated rings. The molecule has 0 aromatic rings. The largest absolute Gasteiger partial charge is 0.472 e. The van der Waals surface area contributed by atoms with Crippen LogP contribution in [0.25, 0.3) is 0 Å². The summed E-state index contributed by atoms with van der Waals surface area (Å²) in [4.78, 5) is 72.7. The average molecular weight is 1350 g/mol. The van der Waals surface area contributed by atoms with E-state index in [9.17, 15) is 43.2 Å². The molecule has 4 unspecified atom stereocenters. The zero-order valence-electron chi connectivity index (χ0n) is 60.2. The van der Waals surface area contributed by atoms with Gasteiger partial charge in [0.25, 0.3) is 0 Å². The fourth-order valence-electron chi connectivity index (χ4n) is 11.0. The highest BCUT2D eigenvalue weighted by Crippen LogP contribution is 2.45. The zero-order valence-corrected chi connectivity index (χ0v) is 62.0. The molecule has 0 spiro atoms. The summed E-state index contributed by atoms with van der Waals surface area (Å²) < 4.78 is 68.4. The van der Waals surface area contributed by atoms with Crippen LogP contribution in [0.15, 0.2) is 0 Å². The molecule has 0 radical (unpaired) electrons. The minimum Gasteiger partial charge on any atom is -0.462 e. The van der Waals surface area contributed by atoms with Crippen molar-refractivity contribution in [1.29, 1.82) is 0 Å². The highest BCUT2D eigenvalue weighted by atomic mass is 31.2. The maximum atomic E-state index is 13.1. The monoisotopic (exact) mass is 1350 g/mol. The van der Waals surface area contributed by atoms with Crippen LogP contribution in [0.3, 0.4) is 0 Å². The molecule has 0 heterocycles. The third-order valence-corrected chi connectivity index (χ3v) is 19.4. The van der Waals surface area contributed by atoms with Crippen molar-refractivity contribution >= 4 is 39.5 Å².